The Hall–Kier alpha value is -0.610. The van der Waals surface area contributed by atoms with Gasteiger partial charge in [-0.1, -0.05) is 28.1 Å². The van der Waals surface area contributed by atoms with Crippen molar-refractivity contribution in [2.45, 2.75) is 4.83 Å². The predicted molar refractivity (Wildman–Crippen MR) is 63.6 cm³/mol. The molecule has 1 aromatic heterocycles. The summed E-state index contributed by atoms with van der Waals surface area (Å²) in [5.41, 5.74) is 0.957. The average Bonchev–Trinajstić information content (AvgIpc) is 2.65. The van der Waals surface area contributed by atoms with E-state index >= 15 is 0 Å². The number of benzene rings is 1. The second-order valence-electron chi connectivity index (χ2n) is 3.06. The highest BCUT2D eigenvalue weighted by Gasteiger charge is 2.13. The number of alkyl halides is 1. The molecule has 0 aliphatic carbocycles. The summed E-state index contributed by atoms with van der Waals surface area (Å²) < 4.78 is 18.8. The van der Waals surface area contributed by atoms with E-state index in [1.165, 1.54) is 12.1 Å². The highest BCUT2D eigenvalue weighted by molar-refractivity contribution is 9.10. The van der Waals surface area contributed by atoms with E-state index in [9.17, 15) is 4.39 Å². The fraction of sp³-hybridized carbons (Fsp3) is 0.0909. The molecule has 2 rings (SSSR count). The van der Waals surface area contributed by atoms with Crippen LogP contribution in [-0.2, 0) is 0 Å². The zero-order chi connectivity index (χ0) is 10.8. The van der Waals surface area contributed by atoms with Gasteiger partial charge in [-0.3, -0.25) is 0 Å². The van der Waals surface area contributed by atoms with Crippen molar-refractivity contribution in [2.24, 2.45) is 0 Å². The van der Waals surface area contributed by atoms with Crippen LogP contribution in [0.5, 0.6) is 0 Å². The van der Waals surface area contributed by atoms with E-state index in [2.05, 4.69) is 31.9 Å². The molecule has 0 fully saturated rings. The molecule has 0 saturated carbocycles. The van der Waals surface area contributed by atoms with Crippen molar-refractivity contribution < 1.29 is 8.81 Å². The smallest absolute Gasteiger partial charge is 0.169 e. The third-order valence-corrected chi connectivity index (χ3v) is 3.41. The van der Waals surface area contributed by atoms with Gasteiger partial charge in [-0.15, -0.1) is 0 Å². The Labute approximate surface area is 104 Å². The molecule has 4 heteroatoms. The largest absolute Gasteiger partial charge is 0.453 e. The fourth-order valence-electron chi connectivity index (χ4n) is 1.26. The Kier molecular flexibility index (Phi) is 3.26. The molecule has 78 valence electrons. The summed E-state index contributed by atoms with van der Waals surface area (Å²) >= 11 is 6.73. The van der Waals surface area contributed by atoms with Gasteiger partial charge in [-0.2, -0.15) is 0 Å². The highest BCUT2D eigenvalue weighted by Crippen LogP contribution is 2.32. The summed E-state index contributed by atoms with van der Waals surface area (Å²) in [5.74, 6) is 0.549. The van der Waals surface area contributed by atoms with E-state index in [0.29, 0.717) is 4.67 Å². The molecular formula is C11H7Br2FO. The van der Waals surface area contributed by atoms with E-state index in [4.69, 9.17) is 4.42 Å². The maximum atomic E-state index is 12.7. The molecule has 0 N–H and O–H groups in total. The zero-order valence-corrected chi connectivity index (χ0v) is 10.8. The van der Waals surface area contributed by atoms with Crippen LogP contribution in [0.2, 0.25) is 0 Å². The first-order chi connectivity index (χ1) is 7.16. The monoisotopic (exact) mass is 332 g/mol. The molecule has 2 aromatic rings. The second kappa shape index (κ2) is 4.49. The van der Waals surface area contributed by atoms with Crippen molar-refractivity contribution >= 4 is 31.9 Å². The molecule has 1 unspecified atom stereocenters. The topological polar surface area (TPSA) is 13.1 Å². The Morgan fingerprint density at radius 2 is 1.73 bits per heavy atom. The summed E-state index contributed by atoms with van der Waals surface area (Å²) in [6.07, 6.45) is 0. The first-order valence-corrected chi connectivity index (χ1v) is 6.02. The molecule has 0 bridgehead atoms. The number of hydrogen-bond donors (Lipinski definition) is 0. The van der Waals surface area contributed by atoms with Crippen molar-refractivity contribution in [1.29, 1.82) is 0 Å². The van der Waals surface area contributed by atoms with Gasteiger partial charge in [-0.05, 0) is 45.8 Å². The molecule has 1 atom stereocenters. The summed E-state index contributed by atoms with van der Waals surface area (Å²) in [6, 6.07) is 10.0. The normalized spacial score (nSPS) is 12.7. The number of halogens is 3. The van der Waals surface area contributed by atoms with Gasteiger partial charge < -0.3 is 4.42 Å². The Morgan fingerprint density at radius 3 is 2.27 bits per heavy atom. The minimum Gasteiger partial charge on any atom is -0.453 e. The van der Waals surface area contributed by atoms with Crippen LogP contribution in [0.25, 0.3) is 0 Å². The average molecular weight is 334 g/mol. The van der Waals surface area contributed by atoms with Gasteiger partial charge in [0, 0.05) is 0 Å². The number of rotatable bonds is 2. The molecule has 15 heavy (non-hydrogen) atoms. The van der Waals surface area contributed by atoms with Gasteiger partial charge in [0.25, 0.3) is 0 Å². The lowest BCUT2D eigenvalue weighted by molar-refractivity contribution is 0.497. The molecule has 0 amide bonds. The third-order valence-electron chi connectivity index (χ3n) is 2.01. The predicted octanol–water partition coefficient (Wildman–Crippen LogP) is 4.67. The summed E-state index contributed by atoms with van der Waals surface area (Å²) in [7, 11) is 0. The maximum absolute atomic E-state index is 12.7. The maximum Gasteiger partial charge on any atom is 0.169 e. The Balaban J connectivity index is 2.28. The number of furan rings is 1. The van der Waals surface area contributed by atoms with Crippen LogP contribution in [0.3, 0.4) is 0 Å². The van der Waals surface area contributed by atoms with Crippen molar-refractivity contribution in [2.75, 3.05) is 0 Å². The van der Waals surface area contributed by atoms with Gasteiger partial charge in [0.2, 0.25) is 0 Å². The van der Waals surface area contributed by atoms with Crippen LogP contribution < -0.4 is 0 Å². The van der Waals surface area contributed by atoms with Crippen molar-refractivity contribution in [1.82, 2.24) is 0 Å². The summed E-state index contributed by atoms with van der Waals surface area (Å²) in [4.78, 5) is -0.0515. The Morgan fingerprint density at radius 1 is 1.07 bits per heavy atom. The van der Waals surface area contributed by atoms with Crippen molar-refractivity contribution in [3.8, 4) is 0 Å². The zero-order valence-electron chi connectivity index (χ0n) is 7.58. The molecule has 0 saturated heterocycles. The van der Waals surface area contributed by atoms with Crippen molar-refractivity contribution in [3.05, 3.63) is 58.2 Å². The summed E-state index contributed by atoms with van der Waals surface area (Å²) in [5, 5.41) is 0. The van der Waals surface area contributed by atoms with Gasteiger partial charge in [-0.25, -0.2) is 4.39 Å². The molecule has 0 spiro atoms. The lowest BCUT2D eigenvalue weighted by atomic mass is 10.1. The Bertz CT molecular complexity index is 450. The lowest BCUT2D eigenvalue weighted by Crippen LogP contribution is -1.90. The van der Waals surface area contributed by atoms with E-state index in [1.54, 1.807) is 12.1 Å². The molecule has 1 nitrogen and oxygen atoms in total. The molecule has 0 radical (unpaired) electrons. The van der Waals surface area contributed by atoms with Crippen LogP contribution >= 0.6 is 31.9 Å². The van der Waals surface area contributed by atoms with Gasteiger partial charge >= 0.3 is 0 Å². The minimum atomic E-state index is -0.237. The first kappa shape index (κ1) is 10.9. The van der Waals surface area contributed by atoms with Crippen LogP contribution in [0, 0.1) is 5.82 Å². The van der Waals surface area contributed by atoms with Gasteiger partial charge in [0.1, 0.15) is 11.6 Å². The van der Waals surface area contributed by atoms with Crippen LogP contribution in [0.4, 0.5) is 4.39 Å². The molecule has 1 aromatic carbocycles. The van der Waals surface area contributed by atoms with E-state index in [1.807, 2.05) is 12.1 Å². The van der Waals surface area contributed by atoms with Crippen LogP contribution in [-0.4, -0.2) is 0 Å². The van der Waals surface area contributed by atoms with Crippen LogP contribution in [0.15, 0.2) is 45.5 Å². The molecule has 1 heterocycles. The minimum absolute atomic E-state index is 0.0515. The first-order valence-electron chi connectivity index (χ1n) is 4.31. The quantitative estimate of drug-likeness (QED) is 0.728. The second-order valence-corrected chi connectivity index (χ2v) is 4.75. The SMILES string of the molecule is Fc1ccc(C(Br)c2ccc(Br)o2)cc1. The molecule has 0 aliphatic rings. The molecular weight excluding hydrogens is 327 g/mol. The van der Waals surface area contributed by atoms with E-state index < -0.39 is 0 Å². The van der Waals surface area contributed by atoms with E-state index in [-0.39, 0.29) is 10.6 Å². The standard InChI is InChI=1S/C11H7Br2FO/c12-10-6-5-9(15-10)11(13)7-1-3-8(14)4-2-7/h1-6,11H. The summed E-state index contributed by atoms with van der Waals surface area (Å²) in [6.45, 7) is 0. The van der Waals surface area contributed by atoms with Crippen LogP contribution in [0.1, 0.15) is 16.2 Å². The van der Waals surface area contributed by atoms with Gasteiger partial charge in [0.15, 0.2) is 4.67 Å². The van der Waals surface area contributed by atoms with E-state index in [0.717, 1.165) is 11.3 Å². The highest BCUT2D eigenvalue weighted by atomic mass is 79.9. The fourth-order valence-corrected chi connectivity index (χ4v) is 2.13. The molecule has 0 aliphatic heterocycles. The third kappa shape index (κ3) is 2.49. The number of hydrogen-bond acceptors (Lipinski definition) is 1. The van der Waals surface area contributed by atoms with Crippen molar-refractivity contribution in [3.63, 3.8) is 0 Å². The van der Waals surface area contributed by atoms with Gasteiger partial charge in [0.05, 0.1) is 4.83 Å². The lowest BCUT2D eigenvalue weighted by Gasteiger charge is -2.06.